The molecule has 2 aromatic carbocycles. The molecule has 2 unspecified atom stereocenters. The van der Waals surface area contributed by atoms with Crippen molar-refractivity contribution in [3.8, 4) is 11.5 Å². The van der Waals surface area contributed by atoms with Gasteiger partial charge in [-0.1, -0.05) is 51.1 Å². The summed E-state index contributed by atoms with van der Waals surface area (Å²) >= 11 is 0. The number of carbonyl (C=O) groups excluding carboxylic acids is 1. The van der Waals surface area contributed by atoms with Crippen LogP contribution in [-0.4, -0.2) is 6.09 Å². The summed E-state index contributed by atoms with van der Waals surface area (Å²) in [5, 5.41) is 0. The van der Waals surface area contributed by atoms with Gasteiger partial charge in [-0.15, -0.1) is 0 Å². The highest BCUT2D eigenvalue weighted by molar-refractivity contribution is 5.66. The topological polar surface area (TPSA) is 61.5 Å². The summed E-state index contributed by atoms with van der Waals surface area (Å²) in [5.41, 5.74) is 5.69. The molecule has 2 aromatic rings. The maximum absolute atomic E-state index is 11.4. The van der Waals surface area contributed by atoms with Crippen molar-refractivity contribution in [2.24, 2.45) is 17.1 Å². The molecule has 2 atom stereocenters. The number of ether oxygens (including phenoxy) is 2. The van der Waals surface area contributed by atoms with Crippen molar-refractivity contribution in [3.63, 3.8) is 0 Å². The lowest BCUT2D eigenvalue weighted by molar-refractivity contribution is 0.0621. The Morgan fingerprint density at radius 3 is 2.12 bits per heavy atom. The molecule has 24 heavy (non-hydrogen) atoms. The van der Waals surface area contributed by atoms with Crippen LogP contribution >= 0.6 is 0 Å². The summed E-state index contributed by atoms with van der Waals surface area (Å²) in [6.07, 6.45) is 0.0598. The SMILES string of the molecule is CC(C)(C)C1CC1(OC(N)=O)c1ccc(Oc2ccccc2)cc1. The molecule has 126 valence electrons. The van der Waals surface area contributed by atoms with E-state index in [1.165, 1.54) is 0 Å². The largest absolute Gasteiger partial charge is 0.457 e. The van der Waals surface area contributed by atoms with Gasteiger partial charge in [0.15, 0.2) is 0 Å². The Hall–Kier alpha value is -2.49. The Kier molecular flexibility index (Phi) is 3.99. The van der Waals surface area contributed by atoms with Crippen LogP contribution in [0.2, 0.25) is 0 Å². The summed E-state index contributed by atoms with van der Waals surface area (Å²) in [6.45, 7) is 6.45. The summed E-state index contributed by atoms with van der Waals surface area (Å²) in [7, 11) is 0. The fourth-order valence-corrected chi connectivity index (χ4v) is 3.35. The number of nitrogens with two attached hydrogens (primary N) is 1. The molecule has 0 aromatic heterocycles. The molecule has 1 saturated carbocycles. The first-order valence-electron chi connectivity index (χ1n) is 8.13. The van der Waals surface area contributed by atoms with E-state index in [1.54, 1.807) is 0 Å². The molecule has 4 heteroatoms. The number of rotatable bonds is 4. The molecule has 0 saturated heterocycles. The third-order valence-electron chi connectivity index (χ3n) is 4.56. The molecule has 0 bridgehead atoms. The lowest BCUT2D eigenvalue weighted by Gasteiger charge is -2.25. The third kappa shape index (κ3) is 3.23. The van der Waals surface area contributed by atoms with Crippen molar-refractivity contribution >= 4 is 6.09 Å². The highest BCUT2D eigenvalue weighted by Gasteiger charge is 2.63. The van der Waals surface area contributed by atoms with Gasteiger partial charge in [-0.25, -0.2) is 4.79 Å². The van der Waals surface area contributed by atoms with Gasteiger partial charge in [-0.05, 0) is 41.7 Å². The molecule has 3 rings (SSSR count). The molecule has 0 radical (unpaired) electrons. The minimum absolute atomic E-state index is 0.0364. The number of primary amides is 1. The van der Waals surface area contributed by atoms with Gasteiger partial charge in [-0.3, -0.25) is 0 Å². The van der Waals surface area contributed by atoms with Crippen molar-refractivity contribution in [2.45, 2.75) is 32.8 Å². The van der Waals surface area contributed by atoms with Gasteiger partial charge < -0.3 is 15.2 Å². The monoisotopic (exact) mass is 325 g/mol. The van der Waals surface area contributed by atoms with Crippen LogP contribution in [0.5, 0.6) is 11.5 Å². The minimum Gasteiger partial charge on any atom is -0.457 e. The second-order valence-corrected chi connectivity index (χ2v) is 7.37. The van der Waals surface area contributed by atoms with Crippen LogP contribution < -0.4 is 10.5 Å². The zero-order valence-corrected chi connectivity index (χ0v) is 14.3. The fraction of sp³-hybridized carbons (Fsp3) is 0.350. The molecule has 0 spiro atoms. The van der Waals surface area contributed by atoms with Crippen LogP contribution in [-0.2, 0) is 10.3 Å². The Morgan fingerprint density at radius 2 is 1.62 bits per heavy atom. The van der Waals surface area contributed by atoms with Crippen molar-refractivity contribution < 1.29 is 14.3 Å². The molecule has 2 N–H and O–H groups in total. The average Bonchev–Trinajstić information content (AvgIpc) is 3.24. The number of amides is 1. The van der Waals surface area contributed by atoms with E-state index < -0.39 is 11.7 Å². The number of para-hydroxylation sites is 1. The molecule has 1 aliphatic rings. The first kappa shape index (κ1) is 16.4. The zero-order valence-electron chi connectivity index (χ0n) is 14.3. The van der Waals surface area contributed by atoms with Crippen LogP contribution in [0.4, 0.5) is 4.79 Å². The van der Waals surface area contributed by atoms with Crippen molar-refractivity contribution in [2.75, 3.05) is 0 Å². The number of hydrogen-bond acceptors (Lipinski definition) is 3. The molecular formula is C20H23NO3. The van der Waals surface area contributed by atoms with E-state index in [0.717, 1.165) is 23.5 Å². The average molecular weight is 325 g/mol. The van der Waals surface area contributed by atoms with Gasteiger partial charge in [0.2, 0.25) is 0 Å². The quantitative estimate of drug-likeness (QED) is 0.875. The molecule has 1 amide bonds. The summed E-state index contributed by atoms with van der Waals surface area (Å²) < 4.78 is 11.3. The molecule has 4 nitrogen and oxygen atoms in total. The highest BCUT2D eigenvalue weighted by Crippen LogP contribution is 2.62. The van der Waals surface area contributed by atoms with Crippen LogP contribution in [0.1, 0.15) is 32.8 Å². The van der Waals surface area contributed by atoms with E-state index >= 15 is 0 Å². The Bertz CT molecular complexity index is 719. The minimum atomic E-state index is -0.730. The van der Waals surface area contributed by atoms with E-state index in [9.17, 15) is 4.79 Å². The van der Waals surface area contributed by atoms with Crippen LogP contribution in [0.3, 0.4) is 0 Å². The number of carbonyl (C=O) groups is 1. The molecular weight excluding hydrogens is 302 g/mol. The predicted octanol–water partition coefficient (Wildman–Crippen LogP) is 4.84. The van der Waals surface area contributed by atoms with E-state index in [4.69, 9.17) is 15.2 Å². The standard InChI is InChI=1S/C20H23NO3/c1-19(2,3)17-13-20(17,24-18(21)22)14-9-11-16(12-10-14)23-15-7-5-4-6-8-15/h4-12,17H,13H2,1-3H3,(H2,21,22). The van der Waals surface area contributed by atoms with E-state index in [2.05, 4.69) is 20.8 Å². The molecule has 1 aliphatic carbocycles. The second-order valence-electron chi connectivity index (χ2n) is 7.37. The highest BCUT2D eigenvalue weighted by atomic mass is 16.6. The van der Waals surface area contributed by atoms with Crippen LogP contribution in [0.15, 0.2) is 54.6 Å². The summed E-state index contributed by atoms with van der Waals surface area (Å²) in [4.78, 5) is 11.4. The van der Waals surface area contributed by atoms with Gasteiger partial charge >= 0.3 is 6.09 Å². The van der Waals surface area contributed by atoms with Crippen LogP contribution in [0.25, 0.3) is 0 Å². The van der Waals surface area contributed by atoms with E-state index in [0.29, 0.717) is 0 Å². The van der Waals surface area contributed by atoms with E-state index in [1.807, 2.05) is 54.6 Å². The normalized spacial score (nSPS) is 22.7. The number of hydrogen-bond donors (Lipinski definition) is 1. The lowest BCUT2D eigenvalue weighted by Crippen LogP contribution is -2.27. The maximum atomic E-state index is 11.4. The van der Waals surface area contributed by atoms with Gasteiger partial charge in [0.25, 0.3) is 0 Å². The van der Waals surface area contributed by atoms with Crippen molar-refractivity contribution in [3.05, 3.63) is 60.2 Å². The van der Waals surface area contributed by atoms with Gasteiger partial charge in [-0.2, -0.15) is 0 Å². The zero-order chi connectivity index (χ0) is 17.4. The first-order valence-corrected chi connectivity index (χ1v) is 8.13. The summed E-state index contributed by atoms with van der Waals surface area (Å²) in [6, 6.07) is 17.3. The lowest BCUT2D eigenvalue weighted by atomic mass is 9.86. The van der Waals surface area contributed by atoms with Crippen LogP contribution in [0, 0.1) is 11.3 Å². The van der Waals surface area contributed by atoms with Crippen molar-refractivity contribution in [1.82, 2.24) is 0 Å². The molecule has 0 aliphatic heterocycles. The Balaban J connectivity index is 1.82. The smallest absolute Gasteiger partial charge is 0.405 e. The third-order valence-corrected chi connectivity index (χ3v) is 4.56. The van der Waals surface area contributed by atoms with Gasteiger partial charge in [0.05, 0.1) is 0 Å². The van der Waals surface area contributed by atoms with Gasteiger partial charge in [0, 0.05) is 5.92 Å². The second kappa shape index (κ2) is 5.86. The first-order chi connectivity index (χ1) is 11.3. The number of benzene rings is 2. The Labute approximate surface area is 142 Å². The fourth-order valence-electron chi connectivity index (χ4n) is 3.35. The predicted molar refractivity (Wildman–Crippen MR) is 92.9 cm³/mol. The Morgan fingerprint density at radius 1 is 1.04 bits per heavy atom. The molecule has 1 fully saturated rings. The van der Waals surface area contributed by atoms with Gasteiger partial charge in [0.1, 0.15) is 17.1 Å². The molecule has 0 heterocycles. The van der Waals surface area contributed by atoms with E-state index in [-0.39, 0.29) is 11.3 Å². The summed E-state index contributed by atoms with van der Waals surface area (Å²) in [5.74, 6) is 1.78. The maximum Gasteiger partial charge on any atom is 0.405 e. The van der Waals surface area contributed by atoms with Crippen molar-refractivity contribution in [1.29, 1.82) is 0 Å².